The van der Waals surface area contributed by atoms with E-state index in [-0.39, 0.29) is 5.78 Å². The van der Waals surface area contributed by atoms with Crippen LogP contribution >= 0.6 is 0 Å². The van der Waals surface area contributed by atoms with Gasteiger partial charge in [0.15, 0.2) is 5.78 Å². The van der Waals surface area contributed by atoms with Crippen molar-refractivity contribution in [2.24, 2.45) is 0 Å². The summed E-state index contributed by atoms with van der Waals surface area (Å²) in [5, 5.41) is 0. The lowest BCUT2D eigenvalue weighted by Gasteiger charge is -2.06. The molecule has 1 aliphatic rings. The zero-order chi connectivity index (χ0) is 10.8. The Morgan fingerprint density at radius 3 is 2.87 bits per heavy atom. The fraction of sp³-hybridized carbons (Fsp3) is 0.364. The highest BCUT2D eigenvalue weighted by molar-refractivity contribution is 6.00. The van der Waals surface area contributed by atoms with Crippen molar-refractivity contribution in [1.29, 1.82) is 0 Å². The summed E-state index contributed by atoms with van der Waals surface area (Å²) in [6.45, 7) is -0.632. The highest BCUT2D eigenvalue weighted by Crippen LogP contribution is 2.26. The lowest BCUT2D eigenvalue weighted by molar-refractivity contribution is 0.0818. The number of carbonyl (C=O) groups is 1. The number of ketones is 1. The summed E-state index contributed by atoms with van der Waals surface area (Å²) < 4.78 is 28.6. The highest BCUT2D eigenvalue weighted by atomic mass is 19.3. The van der Waals surface area contributed by atoms with Crippen molar-refractivity contribution in [2.45, 2.75) is 19.3 Å². The van der Waals surface area contributed by atoms with Crippen LogP contribution in [-0.4, -0.2) is 18.8 Å². The molecule has 1 aliphatic carbocycles. The maximum Gasteiger partial charge on any atom is 0.272 e. The van der Waals surface area contributed by atoms with Crippen LogP contribution in [0.25, 0.3) is 0 Å². The van der Waals surface area contributed by atoms with Gasteiger partial charge in [0.1, 0.15) is 12.4 Å². The van der Waals surface area contributed by atoms with Gasteiger partial charge in [0.2, 0.25) is 0 Å². The molecule has 2 nitrogen and oxygen atoms in total. The molecule has 1 aromatic carbocycles. The standard InChI is InChI=1S/C11H10F2O2/c12-11(13)6-15-8-3-1-7-2-4-10(14)9(7)5-8/h1,3,5,11H,2,4,6H2. The van der Waals surface area contributed by atoms with Crippen molar-refractivity contribution in [3.8, 4) is 5.75 Å². The van der Waals surface area contributed by atoms with E-state index in [0.29, 0.717) is 17.7 Å². The Kier molecular flexibility index (Phi) is 2.66. The van der Waals surface area contributed by atoms with E-state index in [9.17, 15) is 13.6 Å². The van der Waals surface area contributed by atoms with Crippen LogP contribution < -0.4 is 4.74 Å². The number of benzene rings is 1. The molecule has 0 fully saturated rings. The molecule has 0 heterocycles. The average Bonchev–Trinajstić information content (AvgIpc) is 2.57. The zero-order valence-electron chi connectivity index (χ0n) is 8.00. The number of hydrogen-bond donors (Lipinski definition) is 0. The summed E-state index contributed by atoms with van der Waals surface area (Å²) in [5.74, 6) is 0.400. The fourth-order valence-electron chi connectivity index (χ4n) is 1.67. The number of fused-ring (bicyclic) bond motifs is 1. The number of hydrogen-bond acceptors (Lipinski definition) is 2. The number of rotatable bonds is 3. The first kappa shape index (κ1) is 10.1. The first-order chi connectivity index (χ1) is 7.16. The van der Waals surface area contributed by atoms with Crippen LogP contribution in [0, 0.1) is 0 Å². The maximum atomic E-state index is 11.9. The number of aryl methyl sites for hydroxylation is 1. The average molecular weight is 212 g/mol. The zero-order valence-corrected chi connectivity index (χ0v) is 8.00. The van der Waals surface area contributed by atoms with Gasteiger partial charge in [-0.05, 0) is 24.1 Å². The third-order valence-corrected chi connectivity index (χ3v) is 2.38. The first-order valence-corrected chi connectivity index (χ1v) is 4.74. The van der Waals surface area contributed by atoms with E-state index in [4.69, 9.17) is 4.74 Å². The summed E-state index contributed by atoms with van der Waals surface area (Å²) in [5.41, 5.74) is 1.59. The SMILES string of the molecule is O=C1CCc2ccc(OCC(F)F)cc21. The van der Waals surface area contributed by atoms with Gasteiger partial charge in [0.25, 0.3) is 6.43 Å². The normalized spacial score (nSPS) is 14.5. The Bertz CT molecular complexity index is 388. The van der Waals surface area contributed by atoms with E-state index in [0.717, 1.165) is 12.0 Å². The predicted molar refractivity (Wildman–Crippen MR) is 50.6 cm³/mol. The van der Waals surface area contributed by atoms with Crippen molar-refractivity contribution in [3.05, 3.63) is 29.3 Å². The molecule has 1 aromatic rings. The van der Waals surface area contributed by atoms with E-state index in [1.54, 1.807) is 18.2 Å². The summed E-state index contributed by atoms with van der Waals surface area (Å²) in [7, 11) is 0. The van der Waals surface area contributed by atoms with Crippen LogP contribution in [0.15, 0.2) is 18.2 Å². The molecular weight excluding hydrogens is 202 g/mol. The largest absolute Gasteiger partial charge is 0.488 e. The van der Waals surface area contributed by atoms with Crippen LogP contribution in [-0.2, 0) is 6.42 Å². The Balaban J connectivity index is 2.15. The number of carbonyl (C=O) groups excluding carboxylic acids is 1. The van der Waals surface area contributed by atoms with Crippen molar-refractivity contribution < 1.29 is 18.3 Å². The van der Waals surface area contributed by atoms with Crippen LogP contribution in [0.3, 0.4) is 0 Å². The minimum Gasteiger partial charge on any atom is -0.488 e. The van der Waals surface area contributed by atoms with Gasteiger partial charge >= 0.3 is 0 Å². The van der Waals surface area contributed by atoms with Crippen molar-refractivity contribution in [3.63, 3.8) is 0 Å². The van der Waals surface area contributed by atoms with Crippen LogP contribution in [0.2, 0.25) is 0 Å². The molecule has 0 saturated carbocycles. The molecule has 0 atom stereocenters. The van der Waals surface area contributed by atoms with E-state index in [1.807, 2.05) is 0 Å². The van der Waals surface area contributed by atoms with E-state index in [1.165, 1.54) is 0 Å². The van der Waals surface area contributed by atoms with Gasteiger partial charge in [0.05, 0.1) is 0 Å². The smallest absolute Gasteiger partial charge is 0.272 e. The van der Waals surface area contributed by atoms with Crippen LogP contribution in [0.4, 0.5) is 8.78 Å². The molecule has 0 unspecified atom stereocenters. The van der Waals surface area contributed by atoms with Gasteiger partial charge in [-0.25, -0.2) is 8.78 Å². The second kappa shape index (κ2) is 3.96. The van der Waals surface area contributed by atoms with Crippen molar-refractivity contribution in [2.75, 3.05) is 6.61 Å². The van der Waals surface area contributed by atoms with Gasteiger partial charge in [-0.2, -0.15) is 0 Å². The van der Waals surface area contributed by atoms with E-state index >= 15 is 0 Å². The Morgan fingerprint density at radius 2 is 2.13 bits per heavy atom. The van der Waals surface area contributed by atoms with Gasteiger partial charge in [-0.1, -0.05) is 6.07 Å². The van der Waals surface area contributed by atoms with Crippen molar-refractivity contribution in [1.82, 2.24) is 0 Å². The van der Waals surface area contributed by atoms with E-state index < -0.39 is 13.0 Å². The molecule has 0 radical (unpaired) electrons. The third-order valence-electron chi connectivity index (χ3n) is 2.38. The molecule has 4 heteroatoms. The summed E-state index contributed by atoms with van der Waals surface area (Å²) >= 11 is 0. The summed E-state index contributed by atoms with van der Waals surface area (Å²) in [4.78, 5) is 11.4. The number of ether oxygens (including phenoxy) is 1. The van der Waals surface area contributed by atoms with Crippen LogP contribution in [0.1, 0.15) is 22.3 Å². The molecule has 0 spiro atoms. The molecule has 80 valence electrons. The van der Waals surface area contributed by atoms with Crippen molar-refractivity contribution >= 4 is 5.78 Å². The Hall–Kier alpha value is -1.45. The molecule has 0 amide bonds. The van der Waals surface area contributed by atoms with Gasteiger partial charge in [-0.15, -0.1) is 0 Å². The molecule has 0 N–H and O–H groups in total. The fourth-order valence-corrected chi connectivity index (χ4v) is 1.67. The molecule has 2 rings (SSSR count). The highest BCUT2D eigenvalue weighted by Gasteiger charge is 2.19. The van der Waals surface area contributed by atoms with Crippen LogP contribution in [0.5, 0.6) is 5.75 Å². The van der Waals surface area contributed by atoms with E-state index in [2.05, 4.69) is 0 Å². The second-order valence-electron chi connectivity index (χ2n) is 3.44. The second-order valence-corrected chi connectivity index (χ2v) is 3.44. The summed E-state index contributed by atoms with van der Waals surface area (Å²) in [6, 6.07) is 4.94. The Labute approximate surface area is 85.9 Å². The number of alkyl halides is 2. The maximum absolute atomic E-state index is 11.9. The lowest BCUT2D eigenvalue weighted by Crippen LogP contribution is -2.07. The number of Topliss-reactive ketones (excluding diaryl/α,β-unsaturated/α-hetero) is 1. The topological polar surface area (TPSA) is 26.3 Å². The lowest BCUT2D eigenvalue weighted by atomic mass is 10.1. The monoisotopic (exact) mass is 212 g/mol. The summed E-state index contributed by atoms with van der Waals surface area (Å²) in [6.07, 6.45) is -1.24. The predicted octanol–water partition coefficient (Wildman–Crippen LogP) is 2.46. The molecule has 0 aromatic heterocycles. The first-order valence-electron chi connectivity index (χ1n) is 4.74. The van der Waals surface area contributed by atoms with Gasteiger partial charge in [-0.3, -0.25) is 4.79 Å². The van der Waals surface area contributed by atoms with Gasteiger partial charge in [0, 0.05) is 12.0 Å². The number of halogens is 2. The Morgan fingerprint density at radius 1 is 1.33 bits per heavy atom. The molecule has 0 bridgehead atoms. The quantitative estimate of drug-likeness (QED) is 0.769. The minimum atomic E-state index is -2.49. The molecular formula is C11H10F2O2. The molecule has 0 aliphatic heterocycles. The minimum absolute atomic E-state index is 0.0625. The molecule has 0 saturated heterocycles. The third kappa shape index (κ3) is 2.14. The van der Waals surface area contributed by atoms with Gasteiger partial charge < -0.3 is 4.74 Å². The molecule has 15 heavy (non-hydrogen) atoms.